The van der Waals surface area contributed by atoms with Crippen LogP contribution in [0.4, 0.5) is 17.2 Å². The third-order valence-electron chi connectivity index (χ3n) is 11.4. The van der Waals surface area contributed by atoms with Crippen LogP contribution in [0.15, 0.2) is 211 Å². The minimum absolute atomic E-state index is 0.549. The molecule has 1 aliphatic carbocycles. The molecule has 0 N–H and O–H groups in total. The van der Waals surface area contributed by atoms with Crippen LogP contribution in [0.5, 0.6) is 0 Å². The van der Waals surface area contributed by atoms with E-state index in [-0.39, 0.29) is 0 Å². The highest BCUT2D eigenvalue weighted by molar-refractivity contribution is 6.20. The predicted molar refractivity (Wildman–Crippen MR) is 226 cm³/mol. The smallest absolute Gasteiger partial charge is 0.181 e. The minimum atomic E-state index is -0.549. The number of rotatable bonds is 6. The first-order chi connectivity index (χ1) is 27.3. The number of hydrogen-bond donors (Lipinski definition) is 0. The van der Waals surface area contributed by atoms with Crippen molar-refractivity contribution in [1.82, 2.24) is 4.98 Å². The first-order valence-corrected chi connectivity index (χ1v) is 18.8. The topological polar surface area (TPSA) is 29.3 Å². The number of pyridine rings is 1. The van der Waals surface area contributed by atoms with Crippen LogP contribution in [0, 0.1) is 0 Å². The van der Waals surface area contributed by atoms with Gasteiger partial charge in [-0.2, -0.15) is 0 Å². The lowest BCUT2D eigenvalue weighted by Gasteiger charge is -2.35. The van der Waals surface area contributed by atoms with Crippen molar-refractivity contribution in [3.8, 4) is 22.3 Å². The standard InChI is InChI=1S/C52H34N2O/c1-4-16-35(17-5-1)40-23-13-15-27-47(40)54(51-50-44(32-33-53-51)49-41-24-11-10-18-36(41)28-31-48(49)55-50)39-29-30-43-42-25-12-14-26-45(42)52(46(43)34-39,37-19-6-2-7-20-37)38-21-8-3-9-22-38/h1-34H. The molecular weight excluding hydrogens is 669 g/mol. The highest BCUT2D eigenvalue weighted by atomic mass is 16.3. The van der Waals surface area contributed by atoms with Gasteiger partial charge in [0.2, 0.25) is 0 Å². The van der Waals surface area contributed by atoms with E-state index in [0.29, 0.717) is 0 Å². The maximum Gasteiger partial charge on any atom is 0.181 e. The zero-order valence-electron chi connectivity index (χ0n) is 29.9. The summed E-state index contributed by atoms with van der Waals surface area (Å²) in [6.45, 7) is 0. The SMILES string of the molecule is c1ccc(-c2ccccc2N(c2ccc3c(c2)C(c2ccccc2)(c2ccccc2)c2ccccc2-3)c2nccc3c2oc2ccc4ccccc4c23)cc1. The van der Waals surface area contributed by atoms with Crippen LogP contribution in [0.2, 0.25) is 0 Å². The van der Waals surface area contributed by atoms with Crippen LogP contribution < -0.4 is 4.90 Å². The van der Waals surface area contributed by atoms with Crippen LogP contribution >= 0.6 is 0 Å². The molecular formula is C52H34N2O. The van der Waals surface area contributed by atoms with Crippen molar-refractivity contribution in [3.05, 3.63) is 229 Å². The summed E-state index contributed by atoms with van der Waals surface area (Å²) in [5.74, 6) is 0.738. The summed E-state index contributed by atoms with van der Waals surface area (Å²) in [6.07, 6.45) is 1.92. The number of para-hydroxylation sites is 1. The maximum atomic E-state index is 6.88. The van der Waals surface area contributed by atoms with Crippen molar-refractivity contribution in [2.75, 3.05) is 4.90 Å². The summed E-state index contributed by atoms with van der Waals surface area (Å²) in [4.78, 5) is 7.49. The van der Waals surface area contributed by atoms with Crippen molar-refractivity contribution < 1.29 is 4.42 Å². The quantitative estimate of drug-likeness (QED) is 0.173. The van der Waals surface area contributed by atoms with Gasteiger partial charge >= 0.3 is 0 Å². The molecule has 3 heteroatoms. The summed E-state index contributed by atoms with van der Waals surface area (Å²) in [6, 6.07) is 71.8. The lowest BCUT2D eigenvalue weighted by Crippen LogP contribution is -2.28. The Kier molecular flexibility index (Phi) is 7.08. The molecule has 0 aliphatic heterocycles. The Labute approximate surface area is 319 Å². The molecule has 3 nitrogen and oxygen atoms in total. The Hall–Kier alpha value is -7.23. The molecule has 10 aromatic rings. The van der Waals surface area contributed by atoms with Gasteiger partial charge in [0.1, 0.15) is 5.58 Å². The predicted octanol–water partition coefficient (Wildman–Crippen LogP) is 13.6. The number of hydrogen-bond acceptors (Lipinski definition) is 3. The van der Waals surface area contributed by atoms with Crippen molar-refractivity contribution in [1.29, 1.82) is 0 Å². The van der Waals surface area contributed by atoms with E-state index in [1.807, 2.05) is 6.20 Å². The van der Waals surface area contributed by atoms with Gasteiger partial charge in [-0.1, -0.05) is 170 Å². The Balaban J connectivity index is 1.24. The average Bonchev–Trinajstić information content (AvgIpc) is 3.80. The zero-order chi connectivity index (χ0) is 36.3. The second-order valence-electron chi connectivity index (χ2n) is 14.2. The number of anilines is 3. The van der Waals surface area contributed by atoms with E-state index >= 15 is 0 Å². The van der Waals surface area contributed by atoms with Gasteiger partial charge in [0.15, 0.2) is 11.4 Å². The molecule has 0 fully saturated rings. The number of benzene rings is 8. The first-order valence-electron chi connectivity index (χ1n) is 18.8. The van der Waals surface area contributed by atoms with Gasteiger partial charge in [-0.25, -0.2) is 4.98 Å². The number of aromatic nitrogens is 1. The van der Waals surface area contributed by atoms with E-state index in [0.717, 1.165) is 55.6 Å². The number of furan rings is 1. The van der Waals surface area contributed by atoms with E-state index in [9.17, 15) is 0 Å². The molecule has 0 radical (unpaired) electrons. The zero-order valence-corrected chi connectivity index (χ0v) is 29.9. The Morgan fingerprint density at radius 2 is 1.11 bits per heavy atom. The molecule has 1 aliphatic rings. The fourth-order valence-corrected chi connectivity index (χ4v) is 9.10. The highest BCUT2D eigenvalue weighted by Gasteiger charge is 2.46. The lowest BCUT2D eigenvalue weighted by atomic mass is 9.67. The van der Waals surface area contributed by atoms with Gasteiger partial charge in [0.05, 0.1) is 11.1 Å². The van der Waals surface area contributed by atoms with Gasteiger partial charge in [-0.15, -0.1) is 0 Å². The molecule has 0 bridgehead atoms. The van der Waals surface area contributed by atoms with Gasteiger partial charge < -0.3 is 4.42 Å². The molecule has 8 aromatic carbocycles. The van der Waals surface area contributed by atoms with E-state index in [1.165, 1.54) is 38.8 Å². The van der Waals surface area contributed by atoms with Crippen LogP contribution in [0.3, 0.4) is 0 Å². The normalized spacial score (nSPS) is 12.9. The summed E-state index contributed by atoms with van der Waals surface area (Å²) >= 11 is 0. The van der Waals surface area contributed by atoms with Crippen LogP contribution in [0.1, 0.15) is 22.3 Å². The van der Waals surface area contributed by atoms with Crippen LogP contribution in [-0.4, -0.2) is 4.98 Å². The molecule has 258 valence electrons. The fourth-order valence-electron chi connectivity index (χ4n) is 9.10. The van der Waals surface area contributed by atoms with Crippen molar-refractivity contribution in [3.63, 3.8) is 0 Å². The van der Waals surface area contributed by atoms with Crippen molar-refractivity contribution >= 4 is 49.9 Å². The fraction of sp³-hybridized carbons (Fsp3) is 0.0192. The lowest BCUT2D eigenvalue weighted by molar-refractivity contribution is 0.667. The van der Waals surface area contributed by atoms with Gasteiger partial charge in [-0.05, 0) is 80.0 Å². The van der Waals surface area contributed by atoms with Crippen LogP contribution in [-0.2, 0) is 5.41 Å². The van der Waals surface area contributed by atoms with Gasteiger partial charge in [0, 0.05) is 28.2 Å². The van der Waals surface area contributed by atoms with E-state index < -0.39 is 5.41 Å². The summed E-state index contributed by atoms with van der Waals surface area (Å²) < 4.78 is 6.88. The Morgan fingerprint density at radius 1 is 0.473 bits per heavy atom. The number of fused-ring (bicyclic) bond motifs is 8. The summed E-state index contributed by atoms with van der Waals surface area (Å²) in [5, 5.41) is 4.48. The Morgan fingerprint density at radius 3 is 1.89 bits per heavy atom. The number of nitrogens with zero attached hydrogens (tertiary/aromatic N) is 2. The summed E-state index contributed by atoms with van der Waals surface area (Å²) in [5.41, 5.74) is 12.7. The monoisotopic (exact) mass is 702 g/mol. The minimum Gasteiger partial charge on any atom is -0.452 e. The second-order valence-corrected chi connectivity index (χ2v) is 14.2. The highest BCUT2D eigenvalue weighted by Crippen LogP contribution is 2.57. The molecule has 0 atom stereocenters. The van der Waals surface area contributed by atoms with E-state index in [1.54, 1.807) is 0 Å². The van der Waals surface area contributed by atoms with Crippen molar-refractivity contribution in [2.24, 2.45) is 0 Å². The van der Waals surface area contributed by atoms with Gasteiger partial charge in [-0.3, -0.25) is 4.90 Å². The Bertz CT molecular complexity index is 3000. The third kappa shape index (κ3) is 4.66. The van der Waals surface area contributed by atoms with Crippen molar-refractivity contribution in [2.45, 2.75) is 5.41 Å². The van der Waals surface area contributed by atoms with E-state index in [2.05, 4.69) is 205 Å². The largest absolute Gasteiger partial charge is 0.452 e. The molecule has 0 amide bonds. The molecule has 55 heavy (non-hydrogen) atoms. The maximum absolute atomic E-state index is 6.88. The molecule has 0 saturated heterocycles. The molecule has 0 saturated carbocycles. The third-order valence-corrected chi connectivity index (χ3v) is 11.4. The summed E-state index contributed by atoms with van der Waals surface area (Å²) in [7, 11) is 0. The first kappa shape index (κ1) is 31.3. The molecule has 2 heterocycles. The van der Waals surface area contributed by atoms with Crippen LogP contribution in [0.25, 0.3) is 55.0 Å². The molecule has 2 aromatic heterocycles. The second kappa shape index (κ2) is 12.4. The molecule has 0 spiro atoms. The molecule has 0 unspecified atom stereocenters. The van der Waals surface area contributed by atoms with Gasteiger partial charge in [0.25, 0.3) is 0 Å². The molecule has 11 rings (SSSR count). The van der Waals surface area contributed by atoms with E-state index in [4.69, 9.17) is 9.40 Å². The average molecular weight is 703 g/mol.